The topological polar surface area (TPSA) is 96.9 Å². The largest absolute Gasteiger partial charge is 0.497 e. The summed E-state index contributed by atoms with van der Waals surface area (Å²) in [5.74, 6) is 0.200. The molecule has 26 heavy (non-hydrogen) atoms. The van der Waals surface area contributed by atoms with Gasteiger partial charge in [-0.2, -0.15) is 0 Å². The Morgan fingerprint density at radius 1 is 0.962 bits per heavy atom. The van der Waals surface area contributed by atoms with Gasteiger partial charge in [0.25, 0.3) is 5.91 Å². The number of hydrogen-bond donors (Lipinski definition) is 3. The summed E-state index contributed by atoms with van der Waals surface area (Å²) in [4.78, 5) is 25.2. The SMILES string of the molecule is COc1cc(OC)cc(C(=O)NC(C(=O)N[C@H](CO)C(C)C)C(C)C)c1. The molecule has 146 valence electrons. The number of amides is 2. The van der Waals surface area contributed by atoms with Crippen molar-refractivity contribution in [2.75, 3.05) is 20.8 Å². The van der Waals surface area contributed by atoms with Crippen LogP contribution in [0.3, 0.4) is 0 Å². The summed E-state index contributed by atoms with van der Waals surface area (Å²) >= 11 is 0. The summed E-state index contributed by atoms with van der Waals surface area (Å²) in [6.45, 7) is 7.36. The van der Waals surface area contributed by atoms with Gasteiger partial charge in [-0.3, -0.25) is 9.59 Å². The monoisotopic (exact) mass is 366 g/mol. The number of methoxy groups -OCH3 is 2. The van der Waals surface area contributed by atoms with Crippen LogP contribution in [0.2, 0.25) is 0 Å². The van der Waals surface area contributed by atoms with E-state index in [9.17, 15) is 14.7 Å². The van der Waals surface area contributed by atoms with Gasteiger partial charge < -0.3 is 25.2 Å². The van der Waals surface area contributed by atoms with Crippen LogP contribution in [-0.4, -0.2) is 49.8 Å². The van der Waals surface area contributed by atoms with Gasteiger partial charge in [-0.1, -0.05) is 27.7 Å². The molecule has 2 atom stereocenters. The van der Waals surface area contributed by atoms with Gasteiger partial charge in [0.2, 0.25) is 5.91 Å². The Morgan fingerprint density at radius 3 is 1.88 bits per heavy atom. The van der Waals surface area contributed by atoms with Crippen molar-refractivity contribution in [1.29, 1.82) is 0 Å². The number of nitrogens with one attached hydrogen (secondary N) is 2. The fraction of sp³-hybridized carbons (Fsp3) is 0.579. The molecule has 7 nitrogen and oxygen atoms in total. The maximum Gasteiger partial charge on any atom is 0.252 e. The maximum atomic E-state index is 12.6. The summed E-state index contributed by atoms with van der Waals surface area (Å²) in [6.07, 6.45) is 0. The molecule has 0 bridgehead atoms. The first-order valence-electron chi connectivity index (χ1n) is 8.68. The Hall–Kier alpha value is -2.28. The Kier molecular flexibility index (Phi) is 8.38. The van der Waals surface area contributed by atoms with Crippen molar-refractivity contribution in [3.05, 3.63) is 23.8 Å². The van der Waals surface area contributed by atoms with E-state index in [1.807, 2.05) is 27.7 Å². The molecule has 0 fully saturated rings. The second-order valence-electron chi connectivity index (χ2n) is 6.84. The molecular formula is C19H30N2O5. The van der Waals surface area contributed by atoms with Crippen LogP contribution in [0.1, 0.15) is 38.1 Å². The number of aliphatic hydroxyl groups is 1. The van der Waals surface area contributed by atoms with Crippen molar-refractivity contribution in [2.45, 2.75) is 39.8 Å². The molecule has 2 amide bonds. The van der Waals surface area contributed by atoms with Crippen LogP contribution in [0, 0.1) is 11.8 Å². The summed E-state index contributed by atoms with van der Waals surface area (Å²) in [5, 5.41) is 15.0. The predicted octanol–water partition coefficient (Wildman–Crippen LogP) is 1.59. The normalized spacial score (nSPS) is 13.3. The molecule has 0 saturated heterocycles. The van der Waals surface area contributed by atoms with Crippen LogP contribution in [0.25, 0.3) is 0 Å². The molecule has 0 radical (unpaired) electrons. The van der Waals surface area contributed by atoms with Crippen molar-refractivity contribution < 1.29 is 24.2 Å². The van der Waals surface area contributed by atoms with Crippen molar-refractivity contribution in [3.8, 4) is 11.5 Å². The van der Waals surface area contributed by atoms with Gasteiger partial charge in [-0.15, -0.1) is 0 Å². The van der Waals surface area contributed by atoms with E-state index in [0.29, 0.717) is 17.1 Å². The Balaban J connectivity index is 2.96. The summed E-state index contributed by atoms with van der Waals surface area (Å²) < 4.78 is 10.3. The van der Waals surface area contributed by atoms with Crippen molar-refractivity contribution in [2.24, 2.45) is 11.8 Å². The first-order valence-corrected chi connectivity index (χ1v) is 8.68. The summed E-state index contributed by atoms with van der Waals surface area (Å²) in [7, 11) is 3.00. The zero-order valence-electron chi connectivity index (χ0n) is 16.3. The van der Waals surface area contributed by atoms with E-state index in [1.165, 1.54) is 14.2 Å². The lowest BCUT2D eigenvalue weighted by molar-refractivity contribution is -0.125. The quantitative estimate of drug-likeness (QED) is 0.617. The van der Waals surface area contributed by atoms with Gasteiger partial charge in [-0.25, -0.2) is 0 Å². The second-order valence-corrected chi connectivity index (χ2v) is 6.84. The molecule has 0 aromatic heterocycles. The molecule has 1 rings (SSSR count). The molecule has 1 aromatic carbocycles. The molecule has 3 N–H and O–H groups in total. The van der Waals surface area contributed by atoms with Gasteiger partial charge >= 0.3 is 0 Å². The molecule has 7 heteroatoms. The van der Waals surface area contributed by atoms with Crippen LogP contribution in [0.5, 0.6) is 11.5 Å². The molecule has 0 spiro atoms. The smallest absolute Gasteiger partial charge is 0.252 e. The third-order valence-corrected chi connectivity index (χ3v) is 4.18. The second kappa shape index (κ2) is 10.0. The van der Waals surface area contributed by atoms with E-state index in [0.717, 1.165) is 0 Å². The molecular weight excluding hydrogens is 336 g/mol. The highest BCUT2D eigenvalue weighted by Crippen LogP contribution is 2.22. The van der Waals surface area contributed by atoms with Gasteiger partial charge in [0.15, 0.2) is 0 Å². The minimum Gasteiger partial charge on any atom is -0.497 e. The Morgan fingerprint density at radius 2 is 1.50 bits per heavy atom. The molecule has 0 aliphatic carbocycles. The first kappa shape index (κ1) is 21.8. The molecule has 0 aliphatic heterocycles. The number of rotatable bonds is 9. The van der Waals surface area contributed by atoms with E-state index >= 15 is 0 Å². The number of aliphatic hydroxyl groups excluding tert-OH is 1. The van der Waals surface area contributed by atoms with Crippen molar-refractivity contribution in [3.63, 3.8) is 0 Å². The lowest BCUT2D eigenvalue weighted by Crippen LogP contribution is -2.53. The zero-order chi connectivity index (χ0) is 19.9. The molecule has 0 heterocycles. The van der Waals surface area contributed by atoms with Crippen molar-refractivity contribution >= 4 is 11.8 Å². The van der Waals surface area contributed by atoms with E-state index in [2.05, 4.69) is 10.6 Å². The third kappa shape index (κ3) is 5.91. The Labute approximate surface area is 155 Å². The number of ether oxygens (including phenoxy) is 2. The van der Waals surface area contributed by atoms with Crippen LogP contribution < -0.4 is 20.1 Å². The predicted molar refractivity (Wildman–Crippen MR) is 99.5 cm³/mol. The van der Waals surface area contributed by atoms with Crippen LogP contribution in [0.15, 0.2) is 18.2 Å². The number of benzene rings is 1. The average Bonchev–Trinajstić information content (AvgIpc) is 2.62. The molecule has 1 aromatic rings. The minimum atomic E-state index is -0.729. The fourth-order valence-corrected chi connectivity index (χ4v) is 2.39. The first-order chi connectivity index (χ1) is 12.2. The molecule has 1 unspecified atom stereocenters. The molecule has 0 saturated carbocycles. The average molecular weight is 366 g/mol. The highest BCUT2D eigenvalue weighted by atomic mass is 16.5. The Bertz CT molecular complexity index is 594. The van der Waals surface area contributed by atoms with Gasteiger partial charge in [0.1, 0.15) is 17.5 Å². The molecule has 0 aliphatic rings. The van der Waals surface area contributed by atoms with Gasteiger partial charge in [0, 0.05) is 11.6 Å². The maximum absolute atomic E-state index is 12.6. The van der Waals surface area contributed by atoms with Gasteiger partial charge in [-0.05, 0) is 24.0 Å². The highest BCUT2D eigenvalue weighted by Gasteiger charge is 2.27. The number of hydrogen-bond acceptors (Lipinski definition) is 5. The van der Waals surface area contributed by atoms with E-state index in [4.69, 9.17) is 9.47 Å². The third-order valence-electron chi connectivity index (χ3n) is 4.18. The summed E-state index contributed by atoms with van der Waals surface area (Å²) in [5.41, 5.74) is 0.335. The highest BCUT2D eigenvalue weighted by molar-refractivity contribution is 5.98. The van der Waals surface area contributed by atoms with Crippen LogP contribution in [-0.2, 0) is 4.79 Å². The van der Waals surface area contributed by atoms with E-state index in [1.54, 1.807) is 18.2 Å². The number of carbonyl (C=O) groups is 2. The van der Waals surface area contributed by atoms with E-state index in [-0.39, 0.29) is 30.4 Å². The standard InChI is InChI=1S/C19H30N2O5/c1-11(2)16(10-22)20-19(24)17(12(3)4)21-18(23)13-7-14(25-5)9-15(8-13)26-6/h7-9,11-12,16-17,22H,10H2,1-6H3,(H,20,24)(H,21,23)/t16-,17?/m1/s1. The lowest BCUT2D eigenvalue weighted by atomic mass is 10.00. The summed E-state index contributed by atoms with van der Waals surface area (Å²) in [6, 6.07) is 3.73. The van der Waals surface area contributed by atoms with E-state index < -0.39 is 11.9 Å². The lowest BCUT2D eigenvalue weighted by Gasteiger charge is -2.26. The van der Waals surface area contributed by atoms with Crippen LogP contribution in [0.4, 0.5) is 0 Å². The van der Waals surface area contributed by atoms with Crippen molar-refractivity contribution in [1.82, 2.24) is 10.6 Å². The fourth-order valence-electron chi connectivity index (χ4n) is 2.39. The minimum absolute atomic E-state index is 0.0788. The number of carbonyl (C=O) groups excluding carboxylic acids is 2. The van der Waals surface area contributed by atoms with Gasteiger partial charge in [0.05, 0.1) is 26.9 Å². The zero-order valence-corrected chi connectivity index (χ0v) is 16.3. The van der Waals surface area contributed by atoms with Crippen LogP contribution >= 0.6 is 0 Å².